The summed E-state index contributed by atoms with van der Waals surface area (Å²) in [6.45, 7) is 5.97. The van der Waals surface area contributed by atoms with Crippen molar-refractivity contribution in [2.24, 2.45) is 0 Å². The van der Waals surface area contributed by atoms with Crippen LogP contribution in [0.2, 0.25) is 10.0 Å². The van der Waals surface area contributed by atoms with Crippen LogP contribution in [0.5, 0.6) is 0 Å². The Hall–Kier alpha value is -2.63. The number of aliphatic hydroxyl groups excluding tert-OH is 1. The molecule has 3 aromatic rings. The van der Waals surface area contributed by atoms with Gasteiger partial charge in [0.25, 0.3) is 0 Å². The quantitative estimate of drug-likeness (QED) is 0.252. The summed E-state index contributed by atoms with van der Waals surface area (Å²) in [5.41, 5.74) is 4.59. The second-order valence-electron chi connectivity index (χ2n) is 11.0. The number of halogens is 2. The standard InChI is InChI=1S/C32H37Cl2N5O/c1-22-21-38(30-7-2-3-8-30)13-14-39(22)31(20-36-32(40)37-29-17-27(33)16-28(34)18-29)25-11-9-24(10-12-25)26-6-4-5-23(15-26)19-35/h4-6,9-12,15-18,22,30-32,36-37,40H,2-3,7-8,13-14,20-21H2,1H3/t22-,31+,32+/m0/s1. The third-order valence-electron chi connectivity index (χ3n) is 8.24. The number of rotatable bonds is 9. The second kappa shape index (κ2) is 13.4. The third-order valence-corrected chi connectivity index (χ3v) is 8.68. The van der Waals surface area contributed by atoms with Crippen LogP contribution in [0.4, 0.5) is 5.69 Å². The Labute approximate surface area is 247 Å². The van der Waals surface area contributed by atoms with E-state index in [2.05, 4.69) is 57.7 Å². The van der Waals surface area contributed by atoms with Gasteiger partial charge in [-0.05, 0) is 66.8 Å². The Balaban J connectivity index is 1.33. The molecule has 2 aliphatic rings. The van der Waals surface area contributed by atoms with Crippen LogP contribution in [0.25, 0.3) is 11.1 Å². The lowest BCUT2D eigenvalue weighted by atomic mass is 9.97. The number of hydrogen-bond acceptors (Lipinski definition) is 6. The van der Waals surface area contributed by atoms with Gasteiger partial charge in [0.1, 0.15) is 0 Å². The van der Waals surface area contributed by atoms with Crippen molar-refractivity contribution in [3.05, 3.63) is 87.9 Å². The molecule has 3 aromatic carbocycles. The van der Waals surface area contributed by atoms with Gasteiger partial charge < -0.3 is 10.4 Å². The molecule has 0 spiro atoms. The van der Waals surface area contributed by atoms with E-state index in [0.717, 1.165) is 36.8 Å². The Morgan fingerprint density at radius 2 is 1.70 bits per heavy atom. The summed E-state index contributed by atoms with van der Waals surface area (Å²) in [5.74, 6) is 0. The van der Waals surface area contributed by atoms with Crippen molar-refractivity contribution in [1.82, 2.24) is 15.1 Å². The molecule has 1 aliphatic heterocycles. The number of anilines is 1. The van der Waals surface area contributed by atoms with Gasteiger partial charge in [0.05, 0.1) is 11.6 Å². The van der Waals surface area contributed by atoms with Crippen molar-refractivity contribution in [2.75, 3.05) is 31.5 Å². The Kier molecular flexibility index (Phi) is 9.64. The highest BCUT2D eigenvalue weighted by molar-refractivity contribution is 6.35. The molecule has 0 bridgehead atoms. The highest BCUT2D eigenvalue weighted by atomic mass is 35.5. The number of nitriles is 1. The highest BCUT2D eigenvalue weighted by Gasteiger charge is 2.34. The molecule has 8 heteroatoms. The molecule has 6 nitrogen and oxygen atoms in total. The van der Waals surface area contributed by atoms with Gasteiger partial charge in [0.15, 0.2) is 6.35 Å². The fourth-order valence-electron chi connectivity index (χ4n) is 6.23. The molecule has 0 unspecified atom stereocenters. The van der Waals surface area contributed by atoms with Gasteiger partial charge in [0, 0.05) is 60.0 Å². The van der Waals surface area contributed by atoms with E-state index in [9.17, 15) is 10.4 Å². The van der Waals surface area contributed by atoms with Gasteiger partial charge in [-0.3, -0.25) is 15.1 Å². The van der Waals surface area contributed by atoms with Crippen molar-refractivity contribution >= 4 is 28.9 Å². The van der Waals surface area contributed by atoms with Crippen molar-refractivity contribution in [3.63, 3.8) is 0 Å². The largest absolute Gasteiger partial charge is 0.361 e. The molecule has 3 atom stereocenters. The van der Waals surface area contributed by atoms with Crippen LogP contribution < -0.4 is 10.6 Å². The zero-order valence-electron chi connectivity index (χ0n) is 22.9. The fraction of sp³-hybridized carbons (Fsp3) is 0.406. The molecular formula is C32H37Cl2N5O. The number of benzene rings is 3. The van der Waals surface area contributed by atoms with Gasteiger partial charge in [-0.25, -0.2) is 0 Å². The third kappa shape index (κ3) is 7.16. The lowest BCUT2D eigenvalue weighted by Crippen LogP contribution is -2.56. The minimum Gasteiger partial charge on any atom is -0.361 e. The average molecular weight is 579 g/mol. The number of nitrogens with zero attached hydrogens (tertiary/aromatic N) is 3. The smallest absolute Gasteiger partial charge is 0.181 e. The highest BCUT2D eigenvalue weighted by Crippen LogP contribution is 2.31. The Morgan fingerprint density at radius 3 is 2.38 bits per heavy atom. The molecule has 5 rings (SSSR count). The van der Waals surface area contributed by atoms with Crippen LogP contribution in [-0.4, -0.2) is 59.5 Å². The van der Waals surface area contributed by atoms with Crippen LogP contribution in [0, 0.1) is 11.3 Å². The van der Waals surface area contributed by atoms with Gasteiger partial charge >= 0.3 is 0 Å². The molecule has 40 heavy (non-hydrogen) atoms. The first-order valence-corrected chi connectivity index (χ1v) is 14.9. The van der Waals surface area contributed by atoms with E-state index >= 15 is 0 Å². The van der Waals surface area contributed by atoms with E-state index in [0.29, 0.717) is 33.9 Å². The SMILES string of the molecule is C[C@H]1CN(C2CCCC2)CCN1[C@H](CN[C@@H](O)Nc1cc(Cl)cc(Cl)c1)c1ccc(-c2cccc(C#N)c2)cc1. The van der Waals surface area contributed by atoms with E-state index in [1.165, 1.54) is 31.2 Å². The predicted octanol–water partition coefficient (Wildman–Crippen LogP) is 6.50. The molecule has 1 aliphatic carbocycles. The summed E-state index contributed by atoms with van der Waals surface area (Å²) < 4.78 is 0. The zero-order valence-corrected chi connectivity index (χ0v) is 24.4. The number of nitrogens with one attached hydrogen (secondary N) is 2. The number of hydrogen-bond donors (Lipinski definition) is 3. The minimum absolute atomic E-state index is 0.0691. The van der Waals surface area contributed by atoms with Crippen molar-refractivity contribution in [3.8, 4) is 17.2 Å². The van der Waals surface area contributed by atoms with E-state index in [-0.39, 0.29) is 6.04 Å². The average Bonchev–Trinajstić information content (AvgIpc) is 3.49. The monoisotopic (exact) mass is 577 g/mol. The van der Waals surface area contributed by atoms with E-state index in [1.54, 1.807) is 18.2 Å². The summed E-state index contributed by atoms with van der Waals surface area (Å²) in [5, 5.41) is 27.5. The van der Waals surface area contributed by atoms with Gasteiger partial charge in [-0.2, -0.15) is 5.26 Å². The van der Waals surface area contributed by atoms with Gasteiger partial charge in [0.2, 0.25) is 0 Å². The Morgan fingerprint density at radius 1 is 0.975 bits per heavy atom. The maximum absolute atomic E-state index is 10.8. The molecule has 210 valence electrons. The summed E-state index contributed by atoms with van der Waals surface area (Å²) in [6, 6.07) is 24.8. The van der Waals surface area contributed by atoms with Crippen molar-refractivity contribution in [2.45, 2.75) is 57.1 Å². The summed E-state index contributed by atoms with van der Waals surface area (Å²) in [7, 11) is 0. The zero-order chi connectivity index (χ0) is 28.1. The van der Waals surface area contributed by atoms with Crippen LogP contribution >= 0.6 is 23.2 Å². The lowest BCUT2D eigenvalue weighted by molar-refractivity contribution is 0.0236. The minimum atomic E-state index is -0.972. The molecule has 1 saturated heterocycles. The maximum Gasteiger partial charge on any atom is 0.181 e. The summed E-state index contributed by atoms with van der Waals surface area (Å²) >= 11 is 12.3. The first-order chi connectivity index (χ1) is 19.4. The first kappa shape index (κ1) is 28.9. The predicted molar refractivity (Wildman–Crippen MR) is 163 cm³/mol. The molecule has 3 N–H and O–H groups in total. The number of piperazine rings is 1. The van der Waals surface area contributed by atoms with Gasteiger partial charge in [-0.15, -0.1) is 0 Å². The Bertz CT molecular complexity index is 1300. The second-order valence-corrected chi connectivity index (χ2v) is 11.8. The normalized spacial score (nSPS) is 20.2. The first-order valence-electron chi connectivity index (χ1n) is 14.1. The van der Waals surface area contributed by atoms with Gasteiger partial charge in [-0.1, -0.05) is 72.4 Å². The van der Waals surface area contributed by atoms with E-state index < -0.39 is 6.35 Å². The molecule has 2 fully saturated rings. The molecule has 0 radical (unpaired) electrons. The topological polar surface area (TPSA) is 74.6 Å². The molecule has 0 amide bonds. The van der Waals surface area contributed by atoms with E-state index in [1.807, 2.05) is 24.3 Å². The lowest BCUT2D eigenvalue weighted by Gasteiger charge is -2.46. The molecule has 1 heterocycles. The van der Waals surface area contributed by atoms with Crippen LogP contribution in [0.15, 0.2) is 66.7 Å². The van der Waals surface area contributed by atoms with Crippen LogP contribution in [-0.2, 0) is 0 Å². The van der Waals surface area contributed by atoms with Crippen LogP contribution in [0.3, 0.4) is 0 Å². The molecule has 1 saturated carbocycles. The van der Waals surface area contributed by atoms with Crippen molar-refractivity contribution < 1.29 is 5.11 Å². The fourth-order valence-corrected chi connectivity index (χ4v) is 6.75. The molecular weight excluding hydrogens is 541 g/mol. The maximum atomic E-state index is 10.8. The summed E-state index contributed by atoms with van der Waals surface area (Å²) in [6.07, 6.45) is 4.35. The van der Waals surface area contributed by atoms with Crippen molar-refractivity contribution in [1.29, 1.82) is 5.26 Å². The molecule has 0 aromatic heterocycles. The number of aliphatic hydroxyl groups is 1. The summed E-state index contributed by atoms with van der Waals surface area (Å²) in [4.78, 5) is 5.25. The van der Waals surface area contributed by atoms with E-state index in [4.69, 9.17) is 23.2 Å². The van der Waals surface area contributed by atoms with Crippen LogP contribution in [0.1, 0.15) is 49.8 Å².